The molecule has 112 valence electrons. The molecule has 1 N–H and O–H groups in total. The average Bonchev–Trinajstić information content (AvgIpc) is 2.67. The zero-order chi connectivity index (χ0) is 14.5. The maximum absolute atomic E-state index is 6.10. The molecule has 1 aromatic rings. The highest BCUT2D eigenvalue weighted by atomic mass is 35.5. The summed E-state index contributed by atoms with van der Waals surface area (Å²) in [6.45, 7) is 4.53. The van der Waals surface area contributed by atoms with E-state index in [0.717, 1.165) is 5.92 Å². The zero-order valence-corrected chi connectivity index (χ0v) is 14.0. The van der Waals surface area contributed by atoms with Crippen LogP contribution in [0.4, 0.5) is 0 Å². The van der Waals surface area contributed by atoms with Crippen LogP contribution in [0.1, 0.15) is 64.0 Å². The molecule has 0 radical (unpaired) electrons. The summed E-state index contributed by atoms with van der Waals surface area (Å²) in [5, 5.41) is 5.04. The van der Waals surface area contributed by atoms with E-state index in [-0.39, 0.29) is 0 Å². The van der Waals surface area contributed by atoms with Crippen LogP contribution in [0.5, 0.6) is 0 Å². The van der Waals surface area contributed by atoms with Crippen LogP contribution in [-0.2, 0) is 0 Å². The van der Waals surface area contributed by atoms with Gasteiger partial charge in [0, 0.05) is 12.1 Å². The number of nitrogens with one attached hydrogen (secondary N) is 1. The van der Waals surface area contributed by atoms with Crippen LogP contribution < -0.4 is 5.32 Å². The summed E-state index contributed by atoms with van der Waals surface area (Å²) in [6, 6.07) is 6.89. The molecule has 0 amide bonds. The largest absolute Gasteiger partial charge is 0.307 e. The monoisotopic (exact) mass is 313 g/mol. The van der Waals surface area contributed by atoms with Gasteiger partial charge in [0.25, 0.3) is 0 Å². The van der Waals surface area contributed by atoms with E-state index in [4.69, 9.17) is 23.2 Å². The van der Waals surface area contributed by atoms with Crippen molar-refractivity contribution in [3.8, 4) is 0 Å². The van der Waals surface area contributed by atoms with E-state index in [1.807, 2.05) is 12.1 Å². The molecule has 1 nitrogen and oxygen atoms in total. The van der Waals surface area contributed by atoms with Gasteiger partial charge in [-0.3, -0.25) is 0 Å². The van der Waals surface area contributed by atoms with Crippen molar-refractivity contribution in [2.24, 2.45) is 5.92 Å². The summed E-state index contributed by atoms with van der Waals surface area (Å²) in [7, 11) is 0. The average molecular weight is 314 g/mol. The van der Waals surface area contributed by atoms with Crippen LogP contribution >= 0.6 is 23.2 Å². The topological polar surface area (TPSA) is 12.0 Å². The van der Waals surface area contributed by atoms with E-state index in [1.54, 1.807) is 0 Å². The molecule has 3 heteroatoms. The van der Waals surface area contributed by atoms with E-state index in [2.05, 4.69) is 25.2 Å². The van der Waals surface area contributed by atoms with E-state index in [1.165, 1.54) is 44.1 Å². The first-order valence-electron chi connectivity index (χ1n) is 7.81. The Bertz CT molecular complexity index is 433. The Morgan fingerprint density at radius 3 is 2.65 bits per heavy atom. The van der Waals surface area contributed by atoms with Gasteiger partial charge in [0.1, 0.15) is 0 Å². The Kier molecular flexibility index (Phi) is 6.20. The maximum atomic E-state index is 6.10. The van der Waals surface area contributed by atoms with Crippen LogP contribution in [-0.4, -0.2) is 6.04 Å². The SMILES string of the molecule is CCC1CCCC(NC(C)c2ccc(Cl)c(Cl)c2)CC1. The van der Waals surface area contributed by atoms with E-state index in [0.29, 0.717) is 22.1 Å². The fourth-order valence-corrected chi connectivity index (χ4v) is 3.49. The van der Waals surface area contributed by atoms with Gasteiger partial charge in [-0.2, -0.15) is 0 Å². The quantitative estimate of drug-likeness (QED) is 0.672. The summed E-state index contributed by atoms with van der Waals surface area (Å²) < 4.78 is 0. The third-order valence-electron chi connectivity index (χ3n) is 4.60. The standard InChI is InChI=1S/C17H25Cl2N/c1-3-13-5-4-6-15(9-7-13)20-12(2)14-8-10-16(18)17(19)11-14/h8,10-13,15,20H,3-7,9H2,1-2H3. The summed E-state index contributed by atoms with van der Waals surface area (Å²) in [5.41, 5.74) is 1.22. The predicted octanol–water partition coefficient (Wildman–Crippen LogP) is 6.00. The first kappa shape index (κ1) is 16.1. The summed E-state index contributed by atoms with van der Waals surface area (Å²) in [5.74, 6) is 0.932. The third-order valence-corrected chi connectivity index (χ3v) is 5.33. The lowest BCUT2D eigenvalue weighted by Gasteiger charge is -2.23. The molecule has 1 fully saturated rings. The second-order valence-electron chi connectivity index (χ2n) is 6.04. The van der Waals surface area contributed by atoms with Crippen LogP contribution in [0, 0.1) is 5.92 Å². The van der Waals surface area contributed by atoms with Crippen molar-refractivity contribution in [2.75, 3.05) is 0 Å². The van der Waals surface area contributed by atoms with E-state index in [9.17, 15) is 0 Å². The normalized spacial score (nSPS) is 25.2. The van der Waals surface area contributed by atoms with Crippen LogP contribution in [0.2, 0.25) is 10.0 Å². The van der Waals surface area contributed by atoms with Gasteiger partial charge < -0.3 is 5.32 Å². The maximum Gasteiger partial charge on any atom is 0.0595 e. The van der Waals surface area contributed by atoms with Gasteiger partial charge in [0.05, 0.1) is 10.0 Å². The number of halogens is 2. The third kappa shape index (κ3) is 4.38. The summed E-state index contributed by atoms with van der Waals surface area (Å²) in [4.78, 5) is 0. The van der Waals surface area contributed by atoms with Crippen molar-refractivity contribution < 1.29 is 0 Å². The first-order chi connectivity index (χ1) is 9.60. The minimum absolute atomic E-state index is 0.327. The van der Waals surface area contributed by atoms with Crippen molar-refractivity contribution in [3.05, 3.63) is 33.8 Å². The molecular weight excluding hydrogens is 289 g/mol. The van der Waals surface area contributed by atoms with Crippen LogP contribution in [0.25, 0.3) is 0 Å². The molecular formula is C17H25Cl2N. The minimum atomic E-state index is 0.327. The molecule has 2 rings (SSSR count). The van der Waals surface area contributed by atoms with Crippen LogP contribution in [0.3, 0.4) is 0 Å². The van der Waals surface area contributed by atoms with Crippen molar-refractivity contribution in [1.29, 1.82) is 0 Å². The van der Waals surface area contributed by atoms with Gasteiger partial charge >= 0.3 is 0 Å². The molecule has 0 spiro atoms. The van der Waals surface area contributed by atoms with Gasteiger partial charge in [-0.15, -0.1) is 0 Å². The van der Waals surface area contributed by atoms with Gasteiger partial charge in [0.2, 0.25) is 0 Å². The lowest BCUT2D eigenvalue weighted by Crippen LogP contribution is -2.31. The number of hydrogen-bond acceptors (Lipinski definition) is 1. The minimum Gasteiger partial charge on any atom is -0.307 e. The molecule has 1 aliphatic carbocycles. The Labute approximate surface area is 133 Å². The highest BCUT2D eigenvalue weighted by molar-refractivity contribution is 6.42. The van der Waals surface area contributed by atoms with E-state index < -0.39 is 0 Å². The molecule has 1 aromatic carbocycles. The Morgan fingerprint density at radius 2 is 1.95 bits per heavy atom. The second-order valence-corrected chi connectivity index (χ2v) is 6.86. The molecule has 0 aromatic heterocycles. The molecule has 3 atom stereocenters. The van der Waals surface area contributed by atoms with Gasteiger partial charge in [-0.25, -0.2) is 0 Å². The Balaban J connectivity index is 1.93. The molecule has 3 unspecified atom stereocenters. The van der Waals surface area contributed by atoms with Crippen molar-refractivity contribution >= 4 is 23.2 Å². The Hall–Kier alpha value is -0.240. The Morgan fingerprint density at radius 1 is 1.15 bits per heavy atom. The van der Waals surface area contributed by atoms with Crippen molar-refractivity contribution in [3.63, 3.8) is 0 Å². The molecule has 0 aliphatic heterocycles. The molecule has 1 aliphatic rings. The number of benzene rings is 1. The van der Waals surface area contributed by atoms with Gasteiger partial charge in [-0.05, 0) is 49.8 Å². The molecule has 0 heterocycles. The van der Waals surface area contributed by atoms with Crippen LogP contribution in [0.15, 0.2) is 18.2 Å². The molecule has 0 saturated heterocycles. The lowest BCUT2D eigenvalue weighted by molar-refractivity contribution is 0.400. The zero-order valence-electron chi connectivity index (χ0n) is 12.5. The molecule has 20 heavy (non-hydrogen) atoms. The van der Waals surface area contributed by atoms with Gasteiger partial charge in [-0.1, -0.05) is 55.5 Å². The predicted molar refractivity (Wildman–Crippen MR) is 88.7 cm³/mol. The fraction of sp³-hybridized carbons (Fsp3) is 0.647. The highest BCUT2D eigenvalue weighted by Crippen LogP contribution is 2.29. The van der Waals surface area contributed by atoms with Crippen molar-refractivity contribution in [1.82, 2.24) is 5.32 Å². The molecule has 0 bridgehead atoms. The fourth-order valence-electron chi connectivity index (χ4n) is 3.18. The van der Waals surface area contributed by atoms with Gasteiger partial charge in [0.15, 0.2) is 0 Å². The number of hydrogen-bond donors (Lipinski definition) is 1. The lowest BCUT2D eigenvalue weighted by atomic mass is 9.97. The smallest absolute Gasteiger partial charge is 0.0595 e. The summed E-state index contributed by atoms with van der Waals surface area (Å²) in [6.07, 6.45) is 8.03. The van der Waals surface area contributed by atoms with Crippen molar-refractivity contribution in [2.45, 2.75) is 64.5 Å². The number of rotatable bonds is 4. The first-order valence-corrected chi connectivity index (χ1v) is 8.56. The summed E-state index contributed by atoms with van der Waals surface area (Å²) >= 11 is 12.1. The highest BCUT2D eigenvalue weighted by Gasteiger charge is 2.19. The molecule has 1 saturated carbocycles. The second kappa shape index (κ2) is 7.68. The van der Waals surface area contributed by atoms with E-state index >= 15 is 0 Å².